The normalized spacial score (nSPS) is 21.9. The molecule has 2 aliphatic heterocycles. The summed E-state index contributed by atoms with van der Waals surface area (Å²) in [6, 6.07) is 6.80. The maximum absolute atomic E-state index is 13.8. The van der Waals surface area contributed by atoms with Gasteiger partial charge in [-0.3, -0.25) is 9.59 Å². The van der Waals surface area contributed by atoms with E-state index in [1.165, 1.54) is 4.90 Å². The Morgan fingerprint density at radius 1 is 1.27 bits per heavy atom. The lowest BCUT2D eigenvalue weighted by molar-refractivity contribution is -0.140. The molecular weight excluding hydrogens is 380 g/mol. The minimum Gasteiger partial charge on any atom is -0.356 e. The van der Waals surface area contributed by atoms with Crippen LogP contribution in [0.3, 0.4) is 0 Å². The summed E-state index contributed by atoms with van der Waals surface area (Å²) in [7, 11) is 0. The van der Waals surface area contributed by atoms with Crippen molar-refractivity contribution in [1.29, 1.82) is 0 Å². The SMILES string of the molecule is CCCNC(=O)[C@@H](CC(C)C)N1C(=O)N2CCc3c([nH]c4ccccc34)[C@]2(C)C1=O. The Hall–Kier alpha value is -2.83. The summed E-state index contributed by atoms with van der Waals surface area (Å²) in [5, 5.41) is 3.97. The van der Waals surface area contributed by atoms with Gasteiger partial charge >= 0.3 is 6.03 Å². The van der Waals surface area contributed by atoms with E-state index in [0.29, 0.717) is 25.9 Å². The smallest absolute Gasteiger partial charge is 0.328 e. The molecule has 4 amide bonds. The molecule has 1 aromatic carbocycles. The maximum atomic E-state index is 13.8. The first-order valence-electron chi connectivity index (χ1n) is 10.8. The molecule has 1 aromatic heterocycles. The molecule has 2 aliphatic rings. The summed E-state index contributed by atoms with van der Waals surface area (Å²) in [6.45, 7) is 8.75. The van der Waals surface area contributed by atoms with Gasteiger partial charge in [0.15, 0.2) is 5.54 Å². The molecule has 2 N–H and O–H groups in total. The lowest BCUT2D eigenvalue weighted by Gasteiger charge is -2.36. The lowest BCUT2D eigenvalue weighted by Crippen LogP contribution is -2.51. The molecular formula is C23H30N4O3. The Morgan fingerprint density at radius 3 is 2.70 bits per heavy atom. The zero-order valence-corrected chi connectivity index (χ0v) is 18.1. The molecule has 0 unspecified atom stereocenters. The summed E-state index contributed by atoms with van der Waals surface area (Å²) >= 11 is 0. The minimum atomic E-state index is -1.12. The van der Waals surface area contributed by atoms with Crippen molar-refractivity contribution < 1.29 is 14.4 Å². The standard InChI is InChI=1S/C23H30N4O3/c1-5-11-24-20(28)18(13-14(2)3)27-21(29)23(4)19-16(10-12-26(23)22(27)30)15-8-6-7-9-17(15)25-19/h6-9,14,18,25H,5,10-13H2,1-4H3,(H,24,28)/t18-,23-/m1/s1. The second-order valence-electron chi connectivity index (χ2n) is 8.89. The van der Waals surface area contributed by atoms with Crippen LogP contribution in [0.5, 0.6) is 0 Å². The number of urea groups is 1. The van der Waals surface area contributed by atoms with E-state index >= 15 is 0 Å². The van der Waals surface area contributed by atoms with Gasteiger partial charge in [0, 0.05) is 24.0 Å². The molecule has 0 radical (unpaired) electrons. The van der Waals surface area contributed by atoms with E-state index in [0.717, 1.165) is 28.6 Å². The number of hydrogen-bond acceptors (Lipinski definition) is 3. The molecule has 0 bridgehead atoms. The van der Waals surface area contributed by atoms with Crippen molar-refractivity contribution in [3.8, 4) is 0 Å². The van der Waals surface area contributed by atoms with Gasteiger partial charge in [0.05, 0.1) is 5.69 Å². The largest absolute Gasteiger partial charge is 0.356 e. The van der Waals surface area contributed by atoms with E-state index in [9.17, 15) is 14.4 Å². The Labute approximate surface area is 176 Å². The predicted molar refractivity (Wildman–Crippen MR) is 115 cm³/mol. The first-order chi connectivity index (χ1) is 14.3. The fraction of sp³-hybridized carbons (Fsp3) is 0.522. The number of aromatic amines is 1. The molecule has 0 spiro atoms. The number of benzene rings is 1. The second kappa shape index (κ2) is 7.45. The Bertz CT molecular complexity index is 1010. The van der Waals surface area contributed by atoms with E-state index in [4.69, 9.17) is 0 Å². The number of carbonyl (C=O) groups excluding carboxylic acids is 3. The zero-order chi connectivity index (χ0) is 21.6. The maximum Gasteiger partial charge on any atom is 0.328 e. The monoisotopic (exact) mass is 410 g/mol. The number of hydrogen-bond donors (Lipinski definition) is 2. The molecule has 7 nitrogen and oxygen atoms in total. The van der Waals surface area contributed by atoms with E-state index in [2.05, 4.69) is 10.3 Å². The van der Waals surface area contributed by atoms with Crippen molar-refractivity contribution >= 4 is 28.7 Å². The van der Waals surface area contributed by atoms with Crippen LogP contribution in [0, 0.1) is 5.92 Å². The van der Waals surface area contributed by atoms with E-state index in [1.54, 1.807) is 11.8 Å². The van der Waals surface area contributed by atoms with Crippen molar-refractivity contribution in [2.45, 2.75) is 58.5 Å². The molecule has 1 fully saturated rings. The predicted octanol–water partition coefficient (Wildman–Crippen LogP) is 3.14. The highest BCUT2D eigenvalue weighted by Gasteiger charge is 2.60. The number of fused-ring (bicyclic) bond motifs is 5. The third-order valence-corrected chi connectivity index (χ3v) is 6.36. The Balaban J connectivity index is 1.77. The molecule has 2 atom stereocenters. The number of H-pyrrole nitrogens is 1. The van der Waals surface area contributed by atoms with Crippen LogP contribution in [0.25, 0.3) is 10.9 Å². The second-order valence-corrected chi connectivity index (χ2v) is 8.89. The quantitative estimate of drug-likeness (QED) is 0.718. The van der Waals surface area contributed by atoms with Crippen LogP contribution < -0.4 is 5.32 Å². The molecule has 160 valence electrons. The number of rotatable bonds is 6. The van der Waals surface area contributed by atoms with Gasteiger partial charge in [-0.05, 0) is 43.7 Å². The van der Waals surface area contributed by atoms with Gasteiger partial charge in [-0.2, -0.15) is 0 Å². The summed E-state index contributed by atoms with van der Waals surface area (Å²) < 4.78 is 0. The van der Waals surface area contributed by atoms with Crippen molar-refractivity contribution in [3.63, 3.8) is 0 Å². The van der Waals surface area contributed by atoms with Gasteiger partial charge in [0.2, 0.25) is 5.91 Å². The number of nitrogens with one attached hydrogen (secondary N) is 2. The summed E-state index contributed by atoms with van der Waals surface area (Å²) in [5.41, 5.74) is 1.70. The van der Waals surface area contributed by atoms with Crippen molar-refractivity contribution in [2.75, 3.05) is 13.1 Å². The van der Waals surface area contributed by atoms with Gasteiger partial charge in [-0.15, -0.1) is 0 Å². The minimum absolute atomic E-state index is 0.164. The van der Waals surface area contributed by atoms with Gasteiger partial charge in [0.1, 0.15) is 6.04 Å². The van der Waals surface area contributed by atoms with Crippen LogP contribution in [-0.2, 0) is 21.5 Å². The van der Waals surface area contributed by atoms with Crippen LogP contribution in [0.15, 0.2) is 24.3 Å². The zero-order valence-electron chi connectivity index (χ0n) is 18.1. The molecule has 0 saturated carbocycles. The first kappa shape index (κ1) is 20.4. The average Bonchev–Trinajstić information content (AvgIpc) is 3.19. The van der Waals surface area contributed by atoms with Gasteiger partial charge < -0.3 is 15.2 Å². The number of aromatic nitrogens is 1. The fourth-order valence-corrected chi connectivity index (χ4v) is 4.84. The van der Waals surface area contributed by atoms with E-state index in [-0.39, 0.29) is 23.8 Å². The highest BCUT2D eigenvalue weighted by molar-refractivity contribution is 6.11. The highest BCUT2D eigenvalue weighted by atomic mass is 16.2. The molecule has 4 rings (SSSR count). The van der Waals surface area contributed by atoms with Gasteiger partial charge in [-0.1, -0.05) is 39.0 Å². The molecule has 3 heterocycles. The van der Waals surface area contributed by atoms with Crippen LogP contribution in [0.2, 0.25) is 0 Å². The van der Waals surface area contributed by atoms with Crippen LogP contribution in [0.4, 0.5) is 4.79 Å². The van der Waals surface area contributed by atoms with E-state index < -0.39 is 11.6 Å². The van der Waals surface area contributed by atoms with Crippen molar-refractivity contribution in [2.24, 2.45) is 5.92 Å². The van der Waals surface area contributed by atoms with Gasteiger partial charge in [-0.25, -0.2) is 9.69 Å². The van der Waals surface area contributed by atoms with Crippen LogP contribution in [0.1, 0.15) is 51.8 Å². The van der Waals surface area contributed by atoms with Crippen molar-refractivity contribution in [3.05, 3.63) is 35.5 Å². The first-order valence-corrected chi connectivity index (χ1v) is 10.8. The molecule has 7 heteroatoms. The summed E-state index contributed by atoms with van der Waals surface area (Å²) in [6.07, 6.45) is 1.92. The number of nitrogens with zero attached hydrogens (tertiary/aromatic N) is 2. The van der Waals surface area contributed by atoms with Crippen LogP contribution >= 0.6 is 0 Å². The fourth-order valence-electron chi connectivity index (χ4n) is 4.84. The number of carbonyl (C=O) groups is 3. The Morgan fingerprint density at radius 2 is 2.00 bits per heavy atom. The third-order valence-electron chi connectivity index (χ3n) is 6.36. The third kappa shape index (κ3) is 2.90. The topological polar surface area (TPSA) is 85.5 Å². The average molecular weight is 411 g/mol. The lowest BCUT2D eigenvalue weighted by atomic mass is 9.87. The molecule has 0 aliphatic carbocycles. The Kier molecular flexibility index (Phi) is 5.08. The van der Waals surface area contributed by atoms with Crippen LogP contribution in [-0.4, -0.2) is 51.8 Å². The van der Waals surface area contributed by atoms with E-state index in [1.807, 2.05) is 45.0 Å². The van der Waals surface area contributed by atoms with Crippen molar-refractivity contribution in [1.82, 2.24) is 20.1 Å². The number of amides is 4. The molecule has 1 saturated heterocycles. The molecule has 30 heavy (non-hydrogen) atoms. The number of imide groups is 1. The number of para-hydroxylation sites is 1. The molecule has 2 aromatic rings. The van der Waals surface area contributed by atoms with Gasteiger partial charge in [0.25, 0.3) is 5.91 Å². The highest BCUT2D eigenvalue weighted by Crippen LogP contribution is 2.44. The summed E-state index contributed by atoms with van der Waals surface area (Å²) in [5.74, 6) is -0.415. The summed E-state index contributed by atoms with van der Waals surface area (Å²) in [4.78, 5) is 46.4.